The van der Waals surface area contributed by atoms with Crippen LogP contribution in [0.3, 0.4) is 0 Å². The molecule has 1 rings (SSSR count). The second-order valence-electron chi connectivity index (χ2n) is 7.42. The van der Waals surface area contributed by atoms with Crippen LogP contribution in [0.25, 0.3) is 0 Å². The van der Waals surface area contributed by atoms with Crippen LogP contribution in [0.1, 0.15) is 59.6 Å². The predicted molar refractivity (Wildman–Crippen MR) is 90.3 cm³/mol. The van der Waals surface area contributed by atoms with Crippen LogP contribution in [0.15, 0.2) is 24.3 Å². The summed E-state index contributed by atoms with van der Waals surface area (Å²) in [5.41, 5.74) is 3.10. The zero-order valence-corrected chi connectivity index (χ0v) is 14.5. The summed E-state index contributed by atoms with van der Waals surface area (Å²) < 4.78 is 0. The van der Waals surface area contributed by atoms with Crippen molar-refractivity contribution in [1.29, 1.82) is 0 Å². The Morgan fingerprint density at radius 1 is 1.00 bits per heavy atom. The molecule has 0 saturated carbocycles. The Hall–Kier alpha value is -0.820. The van der Waals surface area contributed by atoms with Crippen LogP contribution in [0.5, 0.6) is 0 Å². The first-order chi connectivity index (χ1) is 9.25. The van der Waals surface area contributed by atoms with E-state index < -0.39 is 0 Å². The van der Waals surface area contributed by atoms with Gasteiger partial charge in [-0.25, -0.2) is 0 Å². The van der Waals surface area contributed by atoms with Crippen LogP contribution >= 0.6 is 0 Å². The average Bonchev–Trinajstić information content (AvgIpc) is 2.37. The summed E-state index contributed by atoms with van der Waals surface area (Å²) in [6, 6.07) is 9.76. The fraction of sp³-hybridized carbons (Fsp3) is 0.684. The molecule has 1 nitrogen and oxygen atoms in total. The number of nitrogens with one attached hydrogen (secondary N) is 1. The highest BCUT2D eigenvalue weighted by atomic mass is 14.9. The van der Waals surface area contributed by atoms with Crippen LogP contribution in [0.2, 0.25) is 0 Å². The Morgan fingerprint density at radius 2 is 1.55 bits per heavy atom. The molecule has 0 radical (unpaired) electrons. The van der Waals surface area contributed by atoms with Gasteiger partial charge in [-0.1, -0.05) is 72.7 Å². The van der Waals surface area contributed by atoms with E-state index in [2.05, 4.69) is 78.0 Å². The molecule has 0 spiro atoms. The number of rotatable bonds is 6. The minimum absolute atomic E-state index is 0.241. The van der Waals surface area contributed by atoms with Crippen molar-refractivity contribution in [2.45, 2.75) is 66.3 Å². The molecule has 0 fully saturated rings. The lowest BCUT2D eigenvalue weighted by atomic mass is 9.84. The van der Waals surface area contributed by atoms with Crippen LogP contribution in [0, 0.1) is 11.8 Å². The van der Waals surface area contributed by atoms with Gasteiger partial charge in [0.05, 0.1) is 0 Å². The van der Waals surface area contributed by atoms with Crippen LogP contribution in [-0.4, -0.2) is 12.6 Å². The van der Waals surface area contributed by atoms with E-state index >= 15 is 0 Å². The topological polar surface area (TPSA) is 12.0 Å². The lowest BCUT2D eigenvalue weighted by Gasteiger charge is -2.28. The van der Waals surface area contributed by atoms with Crippen molar-refractivity contribution in [3.63, 3.8) is 0 Å². The molecule has 0 aromatic heterocycles. The third-order valence-electron chi connectivity index (χ3n) is 4.43. The van der Waals surface area contributed by atoms with Crippen molar-refractivity contribution < 1.29 is 0 Å². The Balaban J connectivity index is 2.79. The minimum atomic E-state index is 0.241. The van der Waals surface area contributed by atoms with E-state index in [1.807, 2.05) is 0 Å². The quantitative estimate of drug-likeness (QED) is 0.786. The van der Waals surface area contributed by atoms with Gasteiger partial charge in [0, 0.05) is 6.04 Å². The monoisotopic (exact) mass is 275 g/mol. The third kappa shape index (κ3) is 4.94. The van der Waals surface area contributed by atoms with E-state index in [0.717, 1.165) is 13.0 Å². The van der Waals surface area contributed by atoms with Gasteiger partial charge in [-0.15, -0.1) is 0 Å². The van der Waals surface area contributed by atoms with Gasteiger partial charge in [-0.3, -0.25) is 0 Å². The Morgan fingerprint density at radius 3 is 1.95 bits per heavy atom. The average molecular weight is 275 g/mol. The molecule has 1 heteroatoms. The Kier molecular flexibility index (Phi) is 6.26. The lowest BCUT2D eigenvalue weighted by Crippen LogP contribution is -2.38. The molecule has 114 valence electrons. The molecule has 0 aliphatic rings. The van der Waals surface area contributed by atoms with Gasteiger partial charge >= 0.3 is 0 Å². The van der Waals surface area contributed by atoms with Gasteiger partial charge in [-0.05, 0) is 41.3 Å². The maximum atomic E-state index is 3.66. The fourth-order valence-corrected chi connectivity index (χ4v) is 2.57. The summed E-state index contributed by atoms with van der Waals surface area (Å²) in [4.78, 5) is 0. The molecule has 0 amide bonds. The number of benzene rings is 1. The maximum absolute atomic E-state index is 3.66. The molecule has 2 unspecified atom stereocenters. The van der Waals surface area contributed by atoms with Crippen molar-refractivity contribution in [3.05, 3.63) is 35.4 Å². The molecule has 0 bridgehead atoms. The van der Waals surface area contributed by atoms with Gasteiger partial charge in [0.25, 0.3) is 0 Å². The lowest BCUT2D eigenvalue weighted by molar-refractivity contribution is 0.300. The summed E-state index contributed by atoms with van der Waals surface area (Å²) in [5.74, 6) is 1.41. The molecule has 0 heterocycles. The second-order valence-corrected chi connectivity index (χ2v) is 7.42. The summed E-state index contributed by atoms with van der Waals surface area (Å²) in [6.45, 7) is 17.0. The molecule has 0 aliphatic heterocycles. The summed E-state index contributed by atoms with van der Waals surface area (Å²) in [5, 5.41) is 3.66. The van der Waals surface area contributed by atoms with Gasteiger partial charge in [0.2, 0.25) is 0 Å². The molecule has 0 saturated heterocycles. The van der Waals surface area contributed by atoms with Gasteiger partial charge in [-0.2, -0.15) is 0 Å². The number of likely N-dealkylation sites (N-methyl/N-ethyl adjacent to an activating group) is 1. The Bertz CT molecular complexity index is 383. The fourth-order valence-electron chi connectivity index (χ4n) is 2.57. The second kappa shape index (κ2) is 7.26. The van der Waals surface area contributed by atoms with Crippen molar-refractivity contribution in [2.75, 3.05) is 6.54 Å². The molecular formula is C19H33N. The van der Waals surface area contributed by atoms with Crippen molar-refractivity contribution in [2.24, 2.45) is 11.8 Å². The first-order valence-corrected chi connectivity index (χ1v) is 8.08. The zero-order valence-electron chi connectivity index (χ0n) is 14.5. The third-order valence-corrected chi connectivity index (χ3v) is 4.43. The normalized spacial score (nSPS) is 15.4. The van der Waals surface area contributed by atoms with Gasteiger partial charge in [0.15, 0.2) is 0 Å². The first-order valence-electron chi connectivity index (χ1n) is 8.08. The highest BCUT2D eigenvalue weighted by Gasteiger charge is 2.20. The van der Waals surface area contributed by atoms with E-state index in [0.29, 0.717) is 17.9 Å². The van der Waals surface area contributed by atoms with Crippen LogP contribution in [-0.2, 0) is 11.8 Å². The molecular weight excluding hydrogens is 242 g/mol. The smallest absolute Gasteiger partial charge is 0.0135 e. The first kappa shape index (κ1) is 17.2. The van der Waals surface area contributed by atoms with Gasteiger partial charge in [0.1, 0.15) is 0 Å². The summed E-state index contributed by atoms with van der Waals surface area (Å²) >= 11 is 0. The SMILES string of the molecule is CCNC(Cc1ccc(C(C)(C)C)cc1)C(C)C(C)C. The van der Waals surface area contributed by atoms with Crippen molar-refractivity contribution in [3.8, 4) is 0 Å². The van der Waals surface area contributed by atoms with E-state index in [-0.39, 0.29) is 5.41 Å². The highest BCUT2D eigenvalue weighted by molar-refractivity contribution is 5.28. The minimum Gasteiger partial charge on any atom is -0.314 e. The van der Waals surface area contributed by atoms with Gasteiger partial charge < -0.3 is 5.32 Å². The van der Waals surface area contributed by atoms with E-state index in [4.69, 9.17) is 0 Å². The van der Waals surface area contributed by atoms with Crippen LogP contribution < -0.4 is 5.32 Å². The molecule has 20 heavy (non-hydrogen) atoms. The Labute approximate surface area is 126 Å². The molecule has 0 aliphatic carbocycles. The van der Waals surface area contributed by atoms with E-state index in [9.17, 15) is 0 Å². The molecule has 2 atom stereocenters. The highest BCUT2D eigenvalue weighted by Crippen LogP contribution is 2.24. The molecule has 1 aromatic rings. The van der Waals surface area contributed by atoms with Crippen molar-refractivity contribution >= 4 is 0 Å². The van der Waals surface area contributed by atoms with Crippen molar-refractivity contribution in [1.82, 2.24) is 5.32 Å². The maximum Gasteiger partial charge on any atom is 0.0135 e. The largest absolute Gasteiger partial charge is 0.314 e. The zero-order chi connectivity index (χ0) is 15.3. The summed E-state index contributed by atoms with van der Waals surface area (Å²) in [7, 11) is 0. The standard InChI is InChI=1S/C19H33N/c1-8-20-18(15(4)14(2)3)13-16-9-11-17(12-10-16)19(5,6)7/h9-12,14-15,18,20H,8,13H2,1-7H3. The van der Waals surface area contributed by atoms with Crippen LogP contribution in [0.4, 0.5) is 0 Å². The molecule has 1 N–H and O–H groups in total. The molecule has 1 aromatic carbocycles. The summed E-state index contributed by atoms with van der Waals surface area (Å²) in [6.07, 6.45) is 1.12. The van der Waals surface area contributed by atoms with E-state index in [1.54, 1.807) is 0 Å². The predicted octanol–water partition coefficient (Wildman–Crippen LogP) is 4.80. The number of hydrogen-bond donors (Lipinski definition) is 1. The van der Waals surface area contributed by atoms with E-state index in [1.165, 1.54) is 11.1 Å². The number of hydrogen-bond acceptors (Lipinski definition) is 1.